The van der Waals surface area contributed by atoms with Gasteiger partial charge in [0.05, 0.1) is 34.5 Å². The van der Waals surface area contributed by atoms with E-state index in [-0.39, 0.29) is 11.0 Å². The number of carbonyl (C=O) groups is 1. The molecule has 10 heteroatoms. The van der Waals surface area contributed by atoms with Crippen LogP contribution in [0.5, 0.6) is 17.2 Å². The molecule has 1 aliphatic heterocycles. The van der Waals surface area contributed by atoms with Crippen LogP contribution in [0.15, 0.2) is 81.2 Å². The summed E-state index contributed by atoms with van der Waals surface area (Å²) in [7, 11) is 1.58. The van der Waals surface area contributed by atoms with Gasteiger partial charge in [0.15, 0.2) is 11.5 Å². The lowest BCUT2D eigenvalue weighted by Crippen LogP contribution is -2.26. The van der Waals surface area contributed by atoms with E-state index >= 15 is 0 Å². The molecule has 0 bridgehead atoms. The Kier molecular flexibility index (Phi) is 5.78. The summed E-state index contributed by atoms with van der Waals surface area (Å²) in [6, 6.07) is 17.3. The van der Waals surface area contributed by atoms with Gasteiger partial charge in [-0.1, -0.05) is 23.5 Å². The first kappa shape index (κ1) is 22.7. The van der Waals surface area contributed by atoms with Gasteiger partial charge in [0.2, 0.25) is 10.6 Å². The molecule has 5 aromatic rings. The molecule has 2 aromatic heterocycles. The van der Waals surface area contributed by atoms with Gasteiger partial charge in [0, 0.05) is 5.56 Å². The fourth-order valence-electron chi connectivity index (χ4n) is 3.90. The molecule has 6 rings (SSSR count). The van der Waals surface area contributed by atoms with Crippen molar-refractivity contribution in [2.45, 2.75) is 0 Å². The molecule has 0 saturated carbocycles. The predicted molar refractivity (Wildman–Crippen MR) is 140 cm³/mol. The molecule has 0 atom stereocenters. The first-order valence-electron chi connectivity index (χ1n) is 11.3. The molecule has 1 aliphatic rings. The summed E-state index contributed by atoms with van der Waals surface area (Å²) in [6.45, 7) is 0.837. The van der Waals surface area contributed by atoms with Gasteiger partial charge in [-0.25, -0.2) is 4.98 Å². The number of nitrogens with zero attached hydrogens (tertiary/aromatic N) is 3. The van der Waals surface area contributed by atoms with Gasteiger partial charge >= 0.3 is 0 Å². The van der Waals surface area contributed by atoms with Crippen molar-refractivity contribution in [1.29, 1.82) is 0 Å². The summed E-state index contributed by atoms with van der Waals surface area (Å²) >= 11 is 1.27. The fraction of sp³-hybridized carbons (Fsp3) is 0.111. The number of hydrogen-bond acceptors (Lipinski definition) is 9. The number of hydrazone groups is 1. The number of fused-ring (bicyclic) bond motifs is 3. The van der Waals surface area contributed by atoms with Gasteiger partial charge in [-0.3, -0.25) is 9.59 Å². The van der Waals surface area contributed by atoms with E-state index in [1.165, 1.54) is 23.8 Å². The van der Waals surface area contributed by atoms with E-state index in [4.69, 9.17) is 18.6 Å². The van der Waals surface area contributed by atoms with Gasteiger partial charge in [-0.2, -0.15) is 10.1 Å². The Bertz CT molecular complexity index is 1740. The van der Waals surface area contributed by atoms with E-state index in [0.717, 1.165) is 9.71 Å². The van der Waals surface area contributed by atoms with Crippen LogP contribution in [0.1, 0.15) is 15.9 Å². The first-order chi connectivity index (χ1) is 18.1. The van der Waals surface area contributed by atoms with Crippen molar-refractivity contribution >= 4 is 49.8 Å². The number of ether oxygens (including phenoxy) is 3. The van der Waals surface area contributed by atoms with Gasteiger partial charge in [-0.05, 0) is 48.5 Å². The largest absolute Gasteiger partial charge is 0.497 e. The van der Waals surface area contributed by atoms with Crippen LogP contribution in [0, 0.1) is 0 Å². The van der Waals surface area contributed by atoms with E-state index in [1.54, 1.807) is 55.6 Å². The minimum Gasteiger partial charge on any atom is -0.497 e. The van der Waals surface area contributed by atoms with E-state index in [0.29, 0.717) is 57.6 Å². The van der Waals surface area contributed by atoms with Crippen molar-refractivity contribution < 1.29 is 23.4 Å². The number of thiazole rings is 1. The maximum Gasteiger partial charge on any atom is 0.280 e. The molecule has 37 heavy (non-hydrogen) atoms. The molecule has 1 amide bonds. The third-order valence-electron chi connectivity index (χ3n) is 5.77. The maximum atomic E-state index is 13.7. The smallest absolute Gasteiger partial charge is 0.280 e. The number of benzene rings is 3. The van der Waals surface area contributed by atoms with Crippen LogP contribution in [0.25, 0.3) is 21.2 Å². The lowest BCUT2D eigenvalue weighted by molar-refractivity contribution is 0.0986. The van der Waals surface area contributed by atoms with Crippen LogP contribution in [0.3, 0.4) is 0 Å². The van der Waals surface area contributed by atoms with Crippen molar-refractivity contribution in [2.24, 2.45) is 5.10 Å². The molecule has 0 N–H and O–H groups in total. The van der Waals surface area contributed by atoms with Gasteiger partial charge in [0.1, 0.15) is 30.8 Å². The second-order valence-electron chi connectivity index (χ2n) is 8.07. The van der Waals surface area contributed by atoms with Crippen molar-refractivity contribution in [3.63, 3.8) is 0 Å². The summed E-state index contributed by atoms with van der Waals surface area (Å²) in [6.07, 6.45) is 2.63. The molecule has 0 spiro atoms. The summed E-state index contributed by atoms with van der Waals surface area (Å²) < 4.78 is 22.9. The third-order valence-corrected chi connectivity index (χ3v) is 6.76. The highest BCUT2D eigenvalue weighted by Gasteiger charge is 2.24. The normalized spacial score (nSPS) is 12.8. The van der Waals surface area contributed by atoms with Crippen molar-refractivity contribution in [1.82, 2.24) is 4.98 Å². The second kappa shape index (κ2) is 9.40. The molecule has 0 aliphatic carbocycles. The first-order valence-corrected chi connectivity index (χ1v) is 12.2. The average Bonchev–Trinajstić information content (AvgIpc) is 3.37. The Morgan fingerprint density at radius 2 is 1.92 bits per heavy atom. The van der Waals surface area contributed by atoms with Crippen LogP contribution in [-0.2, 0) is 0 Å². The molecule has 0 fully saturated rings. The quantitative estimate of drug-likeness (QED) is 0.244. The van der Waals surface area contributed by atoms with E-state index in [1.807, 2.05) is 12.1 Å². The van der Waals surface area contributed by atoms with Crippen molar-refractivity contribution in [3.05, 3.63) is 88.3 Å². The van der Waals surface area contributed by atoms with E-state index in [9.17, 15) is 9.59 Å². The Morgan fingerprint density at radius 1 is 1.08 bits per heavy atom. The molecule has 0 radical (unpaired) electrons. The monoisotopic (exact) mass is 513 g/mol. The Balaban J connectivity index is 1.43. The highest BCUT2D eigenvalue weighted by molar-refractivity contribution is 7.22. The molecular formula is C27H19N3O6S. The highest BCUT2D eigenvalue weighted by Crippen LogP contribution is 2.34. The molecular weight excluding hydrogens is 494 g/mol. The number of amides is 1. The Hall–Kier alpha value is -4.70. The van der Waals surface area contributed by atoms with Crippen LogP contribution in [0.4, 0.5) is 5.13 Å². The van der Waals surface area contributed by atoms with Crippen LogP contribution in [-0.4, -0.2) is 37.4 Å². The lowest BCUT2D eigenvalue weighted by atomic mass is 10.2. The topological polar surface area (TPSA) is 103 Å². The molecule has 9 nitrogen and oxygen atoms in total. The van der Waals surface area contributed by atoms with E-state index in [2.05, 4.69) is 10.1 Å². The summed E-state index contributed by atoms with van der Waals surface area (Å²) in [5.74, 6) is 1.26. The summed E-state index contributed by atoms with van der Waals surface area (Å²) in [4.78, 5) is 31.3. The zero-order chi connectivity index (χ0) is 25.4. The minimum atomic E-state index is -0.454. The zero-order valence-corrected chi connectivity index (χ0v) is 20.4. The SMILES string of the molecule is COc1ccc2nc(N(/N=C/c3coc4ccccc4c3=O)C(=O)c3ccc4c(c3)OCCO4)sc2c1. The van der Waals surface area contributed by atoms with Gasteiger partial charge in [0.25, 0.3) is 5.91 Å². The molecule has 184 valence electrons. The number of aromatic nitrogens is 1. The number of para-hydroxylation sites is 1. The maximum absolute atomic E-state index is 13.7. The zero-order valence-electron chi connectivity index (χ0n) is 19.5. The van der Waals surface area contributed by atoms with Gasteiger partial charge in [-0.15, -0.1) is 0 Å². The average molecular weight is 514 g/mol. The summed E-state index contributed by atoms with van der Waals surface area (Å²) in [5.41, 5.74) is 1.41. The fourth-order valence-corrected chi connectivity index (χ4v) is 4.85. The summed E-state index contributed by atoms with van der Waals surface area (Å²) in [5, 5.41) is 6.31. The van der Waals surface area contributed by atoms with Gasteiger partial charge < -0.3 is 18.6 Å². The second-order valence-corrected chi connectivity index (χ2v) is 9.08. The predicted octanol–water partition coefficient (Wildman–Crippen LogP) is 4.86. The standard InChI is InChI=1S/C27H19N3O6S/c1-33-18-7-8-20-24(13-18)37-27(29-20)30(26(32)16-6-9-22-23(12-16)35-11-10-34-22)28-14-17-15-36-21-5-3-2-4-19(21)25(17)31/h2-9,12-15H,10-11H2,1H3/b28-14+. The number of anilines is 1. The number of rotatable bonds is 5. The minimum absolute atomic E-state index is 0.196. The number of methoxy groups -OCH3 is 1. The van der Waals surface area contributed by atoms with Crippen LogP contribution in [0.2, 0.25) is 0 Å². The highest BCUT2D eigenvalue weighted by atomic mass is 32.1. The molecule has 3 aromatic carbocycles. The van der Waals surface area contributed by atoms with Crippen LogP contribution >= 0.6 is 11.3 Å². The van der Waals surface area contributed by atoms with Crippen molar-refractivity contribution in [3.8, 4) is 17.2 Å². The number of hydrogen-bond donors (Lipinski definition) is 0. The molecule has 0 saturated heterocycles. The Morgan fingerprint density at radius 3 is 2.78 bits per heavy atom. The molecule has 0 unspecified atom stereocenters. The van der Waals surface area contributed by atoms with E-state index < -0.39 is 5.91 Å². The number of carbonyl (C=O) groups excluding carboxylic acids is 1. The third kappa shape index (κ3) is 4.27. The Labute approximate surface area is 214 Å². The van der Waals surface area contributed by atoms with Crippen LogP contribution < -0.4 is 24.6 Å². The lowest BCUT2D eigenvalue weighted by Gasteiger charge is -2.19. The van der Waals surface area contributed by atoms with Crippen molar-refractivity contribution in [2.75, 3.05) is 25.3 Å². The molecule has 3 heterocycles.